The number of hydrogen-bond acceptors (Lipinski definition) is 5. The molecule has 2 unspecified atom stereocenters. The van der Waals surface area contributed by atoms with Crippen LogP contribution in [0.3, 0.4) is 0 Å². The molecular weight excluding hydrogens is 1100 g/mol. The van der Waals surface area contributed by atoms with Crippen molar-refractivity contribution in [3.8, 4) is 0 Å². The topological polar surface area (TPSA) is 95.9 Å². The molecule has 0 heterocycles. The van der Waals surface area contributed by atoms with E-state index in [0.29, 0.717) is 19.4 Å². The number of carbonyl (C=O) groups is 2. The first-order valence-electron chi connectivity index (χ1n) is 41.3. The van der Waals surface area contributed by atoms with E-state index in [-0.39, 0.29) is 18.5 Å². The number of aliphatic hydroxyl groups is 2. The number of aliphatic hydroxyl groups excluding tert-OH is 2. The van der Waals surface area contributed by atoms with E-state index in [2.05, 4.69) is 43.5 Å². The number of unbranched alkanes of at least 4 members (excludes halogenated alkanes) is 63. The van der Waals surface area contributed by atoms with Crippen LogP contribution in [0.1, 0.15) is 463 Å². The van der Waals surface area contributed by atoms with Crippen LogP contribution in [0.4, 0.5) is 0 Å². The zero-order chi connectivity index (χ0) is 64.9. The van der Waals surface area contributed by atoms with Crippen molar-refractivity contribution in [1.29, 1.82) is 0 Å². The molecule has 0 aromatic carbocycles. The molecule has 0 radical (unpaired) electrons. The summed E-state index contributed by atoms with van der Waals surface area (Å²) in [6, 6.07) is -0.628. The highest BCUT2D eigenvalue weighted by molar-refractivity contribution is 5.76. The summed E-state index contributed by atoms with van der Waals surface area (Å²) in [6.45, 7) is 4.95. The van der Waals surface area contributed by atoms with Gasteiger partial charge in [-0.1, -0.05) is 403 Å². The van der Waals surface area contributed by atoms with E-state index < -0.39 is 12.1 Å². The monoisotopic (exact) mass is 1260 g/mol. The lowest BCUT2D eigenvalue weighted by Crippen LogP contribution is -2.45. The molecule has 6 nitrogen and oxygen atoms in total. The van der Waals surface area contributed by atoms with Gasteiger partial charge in [0.05, 0.1) is 25.4 Å². The van der Waals surface area contributed by atoms with Gasteiger partial charge in [0.1, 0.15) is 0 Å². The molecule has 0 aliphatic heterocycles. The van der Waals surface area contributed by atoms with Crippen molar-refractivity contribution in [2.45, 2.75) is 475 Å². The molecule has 0 rings (SSSR count). The van der Waals surface area contributed by atoms with Gasteiger partial charge in [0, 0.05) is 12.8 Å². The fourth-order valence-corrected chi connectivity index (χ4v) is 13.1. The van der Waals surface area contributed by atoms with Gasteiger partial charge >= 0.3 is 5.97 Å². The number of rotatable bonds is 78. The smallest absolute Gasteiger partial charge is 0.305 e. The van der Waals surface area contributed by atoms with E-state index in [1.807, 2.05) is 6.08 Å². The predicted octanol–water partition coefficient (Wildman–Crippen LogP) is 27.4. The molecule has 0 aliphatic rings. The SMILES string of the molecule is CCCCCCCCC/C=C\CCCCCCCC(=O)OCCCCCCCCCCCCCC/C=C\CCCCCCCCCCCCCCCCCCC(=O)NC(CO)C(O)/C=C/CCCCCCCCCCCCCCCCCCCCCCCCC. The normalized spacial score (nSPS) is 12.6. The standard InChI is InChI=1S/C84H161NO5/c1-3-5-7-9-11-13-15-17-19-21-22-23-24-33-36-39-42-45-48-52-56-60-64-68-72-76-82(87)81(80-86)85-83(88)77-73-69-65-61-57-53-49-46-43-40-37-34-31-29-27-25-26-28-30-32-35-38-41-44-47-51-55-59-63-67-71-75-79-90-84(89)78-74-70-66-62-58-54-50-20-18-16-14-12-10-8-6-4-2/h20,28,30,50,72,76,81-82,86-87H,3-19,21-27,29,31-49,51-71,73-75,77-80H2,1-2H3,(H,85,88)/b30-28-,50-20-,76-72+. The maximum atomic E-state index is 12.6. The quantitative estimate of drug-likeness (QED) is 0.0320. The summed E-state index contributed by atoms with van der Waals surface area (Å²) in [7, 11) is 0. The van der Waals surface area contributed by atoms with Gasteiger partial charge in [0.15, 0.2) is 0 Å². The summed E-state index contributed by atoms with van der Waals surface area (Å²) in [5.74, 6) is -0.0487. The fourth-order valence-electron chi connectivity index (χ4n) is 13.1. The van der Waals surface area contributed by atoms with Crippen molar-refractivity contribution in [3.63, 3.8) is 0 Å². The van der Waals surface area contributed by atoms with Crippen molar-refractivity contribution in [3.05, 3.63) is 36.5 Å². The number of allylic oxidation sites excluding steroid dienone is 5. The molecule has 3 N–H and O–H groups in total. The molecule has 0 saturated heterocycles. The van der Waals surface area contributed by atoms with Crippen molar-refractivity contribution in [2.24, 2.45) is 0 Å². The Morgan fingerprint density at radius 3 is 0.789 bits per heavy atom. The summed E-state index contributed by atoms with van der Waals surface area (Å²) in [5, 5.41) is 23.3. The van der Waals surface area contributed by atoms with Crippen LogP contribution in [0, 0.1) is 0 Å². The first-order valence-corrected chi connectivity index (χ1v) is 41.3. The van der Waals surface area contributed by atoms with Gasteiger partial charge in [0.2, 0.25) is 5.91 Å². The first kappa shape index (κ1) is 88.1. The number of esters is 1. The lowest BCUT2D eigenvalue weighted by atomic mass is 10.0. The van der Waals surface area contributed by atoms with Gasteiger partial charge in [-0.3, -0.25) is 9.59 Å². The number of amides is 1. The third-order valence-electron chi connectivity index (χ3n) is 19.4. The molecule has 0 aromatic rings. The third-order valence-corrected chi connectivity index (χ3v) is 19.4. The maximum absolute atomic E-state index is 12.6. The van der Waals surface area contributed by atoms with Gasteiger partial charge in [-0.25, -0.2) is 0 Å². The molecular formula is C84H161NO5. The van der Waals surface area contributed by atoms with Crippen molar-refractivity contribution >= 4 is 11.9 Å². The van der Waals surface area contributed by atoms with Crippen LogP contribution in [0.5, 0.6) is 0 Å². The Hall–Kier alpha value is -1.92. The van der Waals surface area contributed by atoms with Crippen LogP contribution < -0.4 is 5.32 Å². The second kappa shape index (κ2) is 79.5. The third kappa shape index (κ3) is 75.1. The molecule has 2 atom stereocenters. The van der Waals surface area contributed by atoms with E-state index in [9.17, 15) is 19.8 Å². The number of ether oxygens (including phenoxy) is 1. The van der Waals surface area contributed by atoms with E-state index in [4.69, 9.17) is 4.74 Å². The van der Waals surface area contributed by atoms with Gasteiger partial charge < -0.3 is 20.3 Å². The molecule has 0 aliphatic carbocycles. The molecule has 532 valence electrons. The molecule has 0 spiro atoms. The van der Waals surface area contributed by atoms with Gasteiger partial charge in [-0.05, 0) is 83.5 Å². The van der Waals surface area contributed by atoms with Gasteiger partial charge in [0.25, 0.3) is 0 Å². The Morgan fingerprint density at radius 1 is 0.300 bits per heavy atom. The van der Waals surface area contributed by atoms with Crippen molar-refractivity contribution < 1.29 is 24.5 Å². The average molecular weight is 1270 g/mol. The van der Waals surface area contributed by atoms with Crippen LogP contribution >= 0.6 is 0 Å². The minimum absolute atomic E-state index is 0.0114. The van der Waals surface area contributed by atoms with Gasteiger partial charge in [-0.15, -0.1) is 0 Å². The molecule has 6 heteroatoms. The molecule has 0 fully saturated rings. The number of hydrogen-bond donors (Lipinski definition) is 3. The minimum atomic E-state index is -0.845. The summed E-state index contributed by atoms with van der Waals surface area (Å²) in [6.07, 6.45) is 104. The summed E-state index contributed by atoms with van der Waals surface area (Å²) in [4.78, 5) is 24.7. The lowest BCUT2D eigenvalue weighted by molar-refractivity contribution is -0.143. The molecule has 90 heavy (non-hydrogen) atoms. The van der Waals surface area contributed by atoms with Crippen LogP contribution in [0.2, 0.25) is 0 Å². The molecule has 1 amide bonds. The van der Waals surface area contributed by atoms with E-state index >= 15 is 0 Å². The minimum Gasteiger partial charge on any atom is -0.466 e. The Bertz CT molecular complexity index is 1460. The average Bonchev–Trinajstić information content (AvgIpc) is 3.71. The zero-order valence-electron chi connectivity index (χ0n) is 61.1. The molecule has 0 saturated carbocycles. The van der Waals surface area contributed by atoms with E-state index in [1.54, 1.807) is 6.08 Å². The highest BCUT2D eigenvalue weighted by Gasteiger charge is 2.18. The summed E-state index contributed by atoms with van der Waals surface area (Å²) in [5.41, 5.74) is 0. The zero-order valence-corrected chi connectivity index (χ0v) is 61.1. The van der Waals surface area contributed by atoms with E-state index in [0.717, 1.165) is 44.9 Å². The van der Waals surface area contributed by atoms with Gasteiger partial charge in [-0.2, -0.15) is 0 Å². The largest absolute Gasteiger partial charge is 0.466 e. The van der Waals surface area contributed by atoms with Crippen LogP contribution in [-0.2, 0) is 14.3 Å². The van der Waals surface area contributed by atoms with Crippen LogP contribution in [-0.4, -0.2) is 47.4 Å². The Labute approximate surface area is 564 Å². The Morgan fingerprint density at radius 2 is 0.522 bits per heavy atom. The highest BCUT2D eigenvalue weighted by Crippen LogP contribution is 2.20. The van der Waals surface area contributed by atoms with Crippen LogP contribution in [0.25, 0.3) is 0 Å². The number of carbonyl (C=O) groups excluding carboxylic acids is 2. The Balaban J connectivity index is 3.38. The maximum Gasteiger partial charge on any atom is 0.305 e. The first-order chi connectivity index (χ1) is 44.5. The van der Waals surface area contributed by atoms with Crippen molar-refractivity contribution in [2.75, 3.05) is 13.2 Å². The van der Waals surface area contributed by atoms with Crippen molar-refractivity contribution in [1.82, 2.24) is 5.32 Å². The summed E-state index contributed by atoms with van der Waals surface area (Å²) < 4.78 is 5.50. The molecule has 0 bridgehead atoms. The lowest BCUT2D eigenvalue weighted by Gasteiger charge is -2.20. The second-order valence-electron chi connectivity index (χ2n) is 28.4. The highest BCUT2D eigenvalue weighted by atomic mass is 16.5. The number of nitrogens with one attached hydrogen (secondary N) is 1. The fraction of sp³-hybridized carbons (Fsp3) is 0.905. The van der Waals surface area contributed by atoms with Crippen LogP contribution in [0.15, 0.2) is 36.5 Å². The van der Waals surface area contributed by atoms with E-state index in [1.165, 1.54) is 392 Å². The second-order valence-corrected chi connectivity index (χ2v) is 28.4. The molecule has 0 aromatic heterocycles. The summed E-state index contributed by atoms with van der Waals surface area (Å²) >= 11 is 0. The Kier molecular flexibility index (Phi) is 77.8. The predicted molar refractivity (Wildman–Crippen MR) is 398 cm³/mol.